The number of H-pyrrole nitrogens is 1. The first-order valence-corrected chi connectivity index (χ1v) is 10.1. The van der Waals surface area contributed by atoms with Gasteiger partial charge in [-0.05, 0) is 44.1 Å². The number of carboxylic acids is 1. The minimum absolute atomic E-state index is 0.124. The fraction of sp³-hybridized carbons (Fsp3) is 0.286. The highest BCUT2D eigenvalue weighted by molar-refractivity contribution is 7.20. The first kappa shape index (κ1) is 20.6. The number of hydrogen-bond donors (Lipinski definition) is 2. The topological polar surface area (TPSA) is 102 Å². The first-order chi connectivity index (χ1) is 14.0. The fourth-order valence-electron chi connectivity index (χ4n) is 2.90. The molecule has 0 aliphatic rings. The molecule has 0 fully saturated rings. The molecule has 2 aromatic heterocycles. The lowest BCUT2D eigenvalue weighted by Crippen LogP contribution is -2.09. The number of benzene rings is 1. The van der Waals surface area contributed by atoms with Gasteiger partial charge in [-0.25, -0.2) is 9.78 Å². The molecule has 3 aromatic rings. The zero-order chi connectivity index (χ0) is 21.0. The average molecular weight is 414 g/mol. The van der Waals surface area contributed by atoms with Crippen LogP contribution >= 0.6 is 11.3 Å². The number of aryl methyl sites for hydroxylation is 1. The summed E-state index contributed by atoms with van der Waals surface area (Å²) in [6, 6.07) is 5.60. The molecule has 0 bridgehead atoms. The maximum Gasteiger partial charge on any atom is 0.346 e. The molecule has 0 unspecified atom stereocenters. The van der Waals surface area contributed by atoms with E-state index in [1.807, 2.05) is 32.0 Å². The molecule has 0 saturated heterocycles. The van der Waals surface area contributed by atoms with Crippen LogP contribution in [0, 0.1) is 6.92 Å². The fourth-order valence-corrected chi connectivity index (χ4v) is 3.93. The average Bonchev–Trinajstić information content (AvgIpc) is 3.03. The Morgan fingerprint density at radius 3 is 2.76 bits per heavy atom. The molecule has 3 rings (SSSR count). The van der Waals surface area contributed by atoms with Crippen LogP contribution in [0.4, 0.5) is 0 Å². The van der Waals surface area contributed by atoms with Crippen molar-refractivity contribution in [2.75, 3.05) is 13.2 Å². The van der Waals surface area contributed by atoms with Gasteiger partial charge in [0, 0.05) is 5.56 Å². The van der Waals surface area contributed by atoms with Gasteiger partial charge in [0.05, 0.1) is 18.6 Å². The van der Waals surface area contributed by atoms with Crippen molar-refractivity contribution in [2.45, 2.75) is 27.2 Å². The van der Waals surface area contributed by atoms with Crippen molar-refractivity contribution in [3.63, 3.8) is 0 Å². The van der Waals surface area contributed by atoms with Crippen molar-refractivity contribution in [3.05, 3.63) is 50.4 Å². The number of hydrogen-bond acceptors (Lipinski definition) is 6. The number of rotatable bonds is 8. The minimum atomic E-state index is -1.06. The number of aromatic carboxylic acids is 1. The Morgan fingerprint density at radius 1 is 1.28 bits per heavy atom. The largest absolute Gasteiger partial charge is 0.490 e. The van der Waals surface area contributed by atoms with E-state index >= 15 is 0 Å². The summed E-state index contributed by atoms with van der Waals surface area (Å²) >= 11 is 0.996. The number of aromatic amines is 1. The third-order valence-corrected chi connectivity index (χ3v) is 5.37. The SMILES string of the molecule is CCCOc1c(/C=C/c2nc3sc(C(=O)O)c(C)c3c(=O)[nH]2)cccc1OCC. The van der Waals surface area contributed by atoms with E-state index in [9.17, 15) is 14.7 Å². The van der Waals surface area contributed by atoms with Crippen LogP contribution < -0.4 is 15.0 Å². The van der Waals surface area contributed by atoms with E-state index in [1.165, 1.54) is 0 Å². The van der Waals surface area contributed by atoms with Crippen LogP contribution in [0.5, 0.6) is 11.5 Å². The molecular weight excluding hydrogens is 392 g/mol. The van der Waals surface area contributed by atoms with Crippen molar-refractivity contribution < 1.29 is 19.4 Å². The normalized spacial score (nSPS) is 11.3. The summed E-state index contributed by atoms with van der Waals surface area (Å²) in [5.74, 6) is 0.562. The number of nitrogens with zero attached hydrogens (tertiary/aromatic N) is 1. The Hall–Kier alpha value is -3.13. The molecule has 0 spiro atoms. The highest BCUT2D eigenvalue weighted by atomic mass is 32.1. The summed E-state index contributed by atoms with van der Waals surface area (Å²) in [7, 11) is 0. The van der Waals surface area contributed by atoms with E-state index in [2.05, 4.69) is 9.97 Å². The smallest absolute Gasteiger partial charge is 0.346 e. The summed E-state index contributed by atoms with van der Waals surface area (Å²) in [4.78, 5) is 31.4. The summed E-state index contributed by atoms with van der Waals surface area (Å²) in [6.07, 6.45) is 4.31. The first-order valence-electron chi connectivity index (χ1n) is 9.29. The van der Waals surface area contributed by atoms with Crippen molar-refractivity contribution in [3.8, 4) is 11.5 Å². The molecule has 152 valence electrons. The Morgan fingerprint density at radius 2 is 2.07 bits per heavy atom. The summed E-state index contributed by atoms with van der Waals surface area (Å²) in [5, 5.41) is 9.60. The predicted molar refractivity (Wildman–Crippen MR) is 114 cm³/mol. The number of nitrogens with one attached hydrogen (secondary N) is 1. The van der Waals surface area contributed by atoms with Crippen LogP contribution in [-0.4, -0.2) is 34.3 Å². The van der Waals surface area contributed by atoms with Crippen molar-refractivity contribution in [1.82, 2.24) is 9.97 Å². The second-order valence-electron chi connectivity index (χ2n) is 6.28. The number of aromatic nitrogens is 2. The molecule has 29 heavy (non-hydrogen) atoms. The maximum absolute atomic E-state index is 12.5. The third kappa shape index (κ3) is 4.32. The van der Waals surface area contributed by atoms with Crippen molar-refractivity contribution in [1.29, 1.82) is 0 Å². The second-order valence-corrected chi connectivity index (χ2v) is 7.28. The van der Waals surface area contributed by atoms with Gasteiger partial charge in [0.2, 0.25) is 0 Å². The quantitative estimate of drug-likeness (QED) is 0.568. The lowest BCUT2D eigenvalue weighted by molar-refractivity contribution is 0.0701. The number of thiophene rings is 1. The van der Waals surface area contributed by atoms with E-state index in [4.69, 9.17) is 9.47 Å². The van der Waals surface area contributed by atoms with Crippen LogP contribution in [0.15, 0.2) is 23.0 Å². The Balaban J connectivity index is 2.01. The summed E-state index contributed by atoms with van der Waals surface area (Å²) in [5.41, 5.74) is 0.864. The standard InChI is InChI=1S/C21H22N2O5S/c1-4-11-28-17-13(7-6-8-14(17)27-5-2)9-10-15-22-19(24)16-12(3)18(21(25)26)29-20(16)23-15/h6-10H,4-5,11H2,1-3H3,(H,25,26)(H,22,23,24)/b10-9+. The monoisotopic (exact) mass is 414 g/mol. The van der Waals surface area contributed by atoms with Gasteiger partial charge in [-0.3, -0.25) is 4.79 Å². The van der Waals surface area contributed by atoms with Crippen LogP contribution in [0.2, 0.25) is 0 Å². The third-order valence-electron chi connectivity index (χ3n) is 4.19. The number of carboxylic acid groups (broad SMARTS) is 1. The zero-order valence-corrected chi connectivity index (χ0v) is 17.3. The van der Waals surface area contributed by atoms with Gasteiger partial charge in [-0.15, -0.1) is 11.3 Å². The van der Waals surface area contributed by atoms with Crippen molar-refractivity contribution >= 4 is 39.7 Å². The number of ether oxygens (including phenoxy) is 2. The van der Waals surface area contributed by atoms with Crippen molar-refractivity contribution in [2.24, 2.45) is 0 Å². The molecule has 0 aliphatic heterocycles. The lowest BCUT2D eigenvalue weighted by Gasteiger charge is -2.13. The minimum Gasteiger partial charge on any atom is -0.490 e. The van der Waals surface area contributed by atoms with Crippen LogP contribution in [0.1, 0.15) is 46.9 Å². The van der Waals surface area contributed by atoms with E-state index in [0.29, 0.717) is 46.3 Å². The number of para-hydroxylation sites is 1. The Kier molecular flexibility index (Phi) is 6.33. The van der Waals surface area contributed by atoms with E-state index in [0.717, 1.165) is 23.3 Å². The molecule has 0 aliphatic carbocycles. The molecular formula is C21H22N2O5S. The molecule has 2 N–H and O–H groups in total. The van der Waals surface area contributed by atoms with E-state index < -0.39 is 5.97 Å². The van der Waals surface area contributed by atoms with Crippen LogP contribution in [0.25, 0.3) is 22.4 Å². The Bertz CT molecular complexity index is 1130. The predicted octanol–water partition coefficient (Wildman–Crippen LogP) is 4.35. The van der Waals surface area contributed by atoms with E-state index in [-0.39, 0.29) is 10.4 Å². The molecule has 0 radical (unpaired) electrons. The van der Waals surface area contributed by atoms with Gasteiger partial charge >= 0.3 is 5.97 Å². The molecule has 0 amide bonds. The molecule has 7 nitrogen and oxygen atoms in total. The number of fused-ring (bicyclic) bond motifs is 1. The summed E-state index contributed by atoms with van der Waals surface area (Å²) in [6.45, 7) is 6.62. The van der Waals surface area contributed by atoms with Gasteiger partial charge in [-0.2, -0.15) is 0 Å². The molecule has 1 aromatic carbocycles. The van der Waals surface area contributed by atoms with Gasteiger partial charge in [-0.1, -0.05) is 19.1 Å². The van der Waals surface area contributed by atoms with Gasteiger partial charge in [0.25, 0.3) is 5.56 Å². The zero-order valence-electron chi connectivity index (χ0n) is 16.4. The Labute approximate surface area is 171 Å². The molecule has 2 heterocycles. The second kappa shape index (κ2) is 8.91. The van der Waals surface area contributed by atoms with Crippen LogP contribution in [-0.2, 0) is 0 Å². The van der Waals surface area contributed by atoms with Gasteiger partial charge < -0.3 is 19.6 Å². The molecule has 0 saturated carbocycles. The maximum atomic E-state index is 12.5. The highest BCUT2D eigenvalue weighted by Gasteiger charge is 2.18. The van der Waals surface area contributed by atoms with Gasteiger partial charge in [0.15, 0.2) is 11.5 Å². The van der Waals surface area contributed by atoms with Gasteiger partial charge in [0.1, 0.15) is 15.5 Å². The highest BCUT2D eigenvalue weighted by Crippen LogP contribution is 2.33. The summed E-state index contributed by atoms with van der Waals surface area (Å²) < 4.78 is 11.5. The number of carbonyl (C=O) groups is 1. The molecule has 8 heteroatoms. The molecule has 0 atom stereocenters. The van der Waals surface area contributed by atoms with E-state index in [1.54, 1.807) is 19.1 Å². The van der Waals surface area contributed by atoms with Crippen LogP contribution in [0.3, 0.4) is 0 Å². The lowest BCUT2D eigenvalue weighted by atomic mass is 10.1.